The minimum Gasteiger partial charge on any atom is -0.199 e. The van der Waals surface area contributed by atoms with E-state index in [1.165, 1.54) is 18.2 Å². The summed E-state index contributed by atoms with van der Waals surface area (Å²) in [5, 5.41) is 0. The number of alkyl halides is 2. The third kappa shape index (κ3) is 1.92. The van der Waals surface area contributed by atoms with Crippen molar-refractivity contribution < 1.29 is 22.0 Å². The molecule has 76 valence electrons. The Morgan fingerprint density at radius 3 is 1.86 bits per heavy atom. The predicted octanol–water partition coefficient (Wildman–Crippen LogP) is 3.86. The van der Waals surface area contributed by atoms with E-state index in [1.807, 2.05) is 0 Å². The smallest absolute Gasteiger partial charge is 0.199 e. The Balaban J connectivity index is 3.15. The molecule has 0 spiro atoms. The molecule has 0 saturated carbocycles. The largest absolute Gasteiger partial charge is 0.329 e. The SMILES string of the molecule is FC(F)=C(F)C(F)(F)c1ccccc1. The normalized spacial score (nSPS) is 11.2. The Bertz CT molecular complexity index is 337. The molecule has 5 heteroatoms. The molecule has 0 atom stereocenters. The molecule has 1 rings (SSSR count). The van der Waals surface area contributed by atoms with E-state index in [-0.39, 0.29) is 0 Å². The van der Waals surface area contributed by atoms with Crippen LogP contribution >= 0.6 is 0 Å². The van der Waals surface area contributed by atoms with E-state index >= 15 is 0 Å². The van der Waals surface area contributed by atoms with Crippen LogP contribution in [-0.4, -0.2) is 0 Å². The highest BCUT2D eigenvalue weighted by Gasteiger charge is 2.40. The van der Waals surface area contributed by atoms with E-state index in [0.717, 1.165) is 12.1 Å². The first-order valence-electron chi connectivity index (χ1n) is 3.61. The lowest BCUT2D eigenvalue weighted by Gasteiger charge is -2.13. The molecule has 14 heavy (non-hydrogen) atoms. The van der Waals surface area contributed by atoms with Crippen molar-refractivity contribution in [3.05, 3.63) is 47.8 Å². The number of allylic oxidation sites excluding steroid dienone is 1. The Labute approximate surface area is 76.7 Å². The van der Waals surface area contributed by atoms with Crippen LogP contribution in [0.15, 0.2) is 42.2 Å². The fourth-order valence-electron chi connectivity index (χ4n) is 0.893. The predicted molar refractivity (Wildman–Crippen MR) is 40.7 cm³/mol. The van der Waals surface area contributed by atoms with Gasteiger partial charge in [-0.05, 0) is 0 Å². The molecule has 0 amide bonds. The fraction of sp³-hybridized carbons (Fsp3) is 0.111. The highest BCUT2D eigenvalue weighted by atomic mass is 19.3. The van der Waals surface area contributed by atoms with Gasteiger partial charge in [-0.2, -0.15) is 22.0 Å². The minimum atomic E-state index is -4.26. The Hall–Kier alpha value is -1.39. The standard InChI is InChI=1S/C9H5F5/c10-7(8(11)12)9(13,14)6-4-2-1-3-5-6/h1-5H. The third-order valence-electron chi connectivity index (χ3n) is 1.58. The molecule has 1 aromatic rings. The van der Waals surface area contributed by atoms with Crippen molar-refractivity contribution in [3.63, 3.8) is 0 Å². The van der Waals surface area contributed by atoms with Gasteiger partial charge in [-0.3, -0.25) is 0 Å². The van der Waals surface area contributed by atoms with Gasteiger partial charge in [-0.15, -0.1) is 0 Å². The topological polar surface area (TPSA) is 0 Å². The maximum atomic E-state index is 12.9. The summed E-state index contributed by atoms with van der Waals surface area (Å²) in [6, 6.07) is 5.61. The van der Waals surface area contributed by atoms with Crippen LogP contribution in [0.5, 0.6) is 0 Å². The number of hydrogen-bond acceptors (Lipinski definition) is 0. The van der Waals surface area contributed by atoms with Gasteiger partial charge in [0, 0.05) is 5.56 Å². The third-order valence-corrected chi connectivity index (χ3v) is 1.58. The first-order valence-corrected chi connectivity index (χ1v) is 3.61. The van der Waals surface area contributed by atoms with Crippen LogP contribution in [0.4, 0.5) is 22.0 Å². The molecule has 0 N–H and O–H groups in total. The maximum Gasteiger partial charge on any atom is 0.329 e. The van der Waals surface area contributed by atoms with Gasteiger partial charge in [0.15, 0.2) is 0 Å². The molecule has 0 aliphatic rings. The average Bonchev–Trinajstić information content (AvgIpc) is 2.18. The average molecular weight is 208 g/mol. The van der Waals surface area contributed by atoms with Gasteiger partial charge in [0.1, 0.15) is 0 Å². The molecule has 0 aromatic heterocycles. The van der Waals surface area contributed by atoms with Crippen molar-refractivity contribution >= 4 is 0 Å². The second-order valence-corrected chi connectivity index (χ2v) is 2.51. The lowest BCUT2D eigenvalue weighted by atomic mass is 10.1. The monoisotopic (exact) mass is 208 g/mol. The van der Waals surface area contributed by atoms with E-state index in [9.17, 15) is 22.0 Å². The van der Waals surface area contributed by atoms with Crippen molar-refractivity contribution in [1.82, 2.24) is 0 Å². The van der Waals surface area contributed by atoms with E-state index in [0.29, 0.717) is 0 Å². The van der Waals surface area contributed by atoms with Crippen molar-refractivity contribution in [1.29, 1.82) is 0 Å². The van der Waals surface area contributed by atoms with E-state index in [4.69, 9.17) is 0 Å². The van der Waals surface area contributed by atoms with Crippen LogP contribution in [-0.2, 0) is 5.92 Å². The molecule has 0 radical (unpaired) electrons. The van der Waals surface area contributed by atoms with Crippen molar-refractivity contribution in [2.75, 3.05) is 0 Å². The van der Waals surface area contributed by atoms with Gasteiger partial charge in [-0.1, -0.05) is 30.3 Å². The Morgan fingerprint density at radius 1 is 0.929 bits per heavy atom. The van der Waals surface area contributed by atoms with E-state index in [1.54, 1.807) is 0 Å². The summed E-state index contributed by atoms with van der Waals surface area (Å²) >= 11 is 0. The van der Waals surface area contributed by atoms with Crippen LogP contribution in [0.1, 0.15) is 5.56 Å². The summed E-state index contributed by atoms with van der Waals surface area (Å²) in [7, 11) is 0. The number of rotatable bonds is 2. The van der Waals surface area contributed by atoms with Crippen LogP contribution in [0, 0.1) is 0 Å². The summed E-state index contributed by atoms with van der Waals surface area (Å²) in [5.74, 6) is -6.97. The maximum absolute atomic E-state index is 12.9. The molecule has 0 nitrogen and oxygen atoms in total. The van der Waals surface area contributed by atoms with Crippen molar-refractivity contribution in [2.24, 2.45) is 0 Å². The summed E-state index contributed by atoms with van der Waals surface area (Å²) < 4.78 is 61.4. The summed E-state index contributed by atoms with van der Waals surface area (Å²) in [6.45, 7) is 0. The van der Waals surface area contributed by atoms with Crippen LogP contribution in [0.25, 0.3) is 0 Å². The molecule has 0 bridgehead atoms. The number of benzene rings is 1. The molecule has 0 heterocycles. The molecule has 0 aliphatic heterocycles. The Kier molecular flexibility index (Phi) is 2.88. The molecule has 0 aliphatic carbocycles. The summed E-state index contributed by atoms with van der Waals surface area (Å²) in [6.07, 6.45) is -3.00. The van der Waals surface area contributed by atoms with Crippen LogP contribution < -0.4 is 0 Å². The molecular formula is C9H5F5. The second kappa shape index (κ2) is 3.77. The number of hydrogen-bond donors (Lipinski definition) is 0. The summed E-state index contributed by atoms with van der Waals surface area (Å²) in [4.78, 5) is 0. The lowest BCUT2D eigenvalue weighted by Crippen LogP contribution is -2.14. The van der Waals surface area contributed by atoms with Crippen LogP contribution in [0.3, 0.4) is 0 Å². The van der Waals surface area contributed by atoms with Gasteiger partial charge in [0.25, 0.3) is 0 Å². The molecule has 1 aromatic carbocycles. The molecule has 0 unspecified atom stereocenters. The number of halogens is 5. The fourth-order valence-corrected chi connectivity index (χ4v) is 0.893. The lowest BCUT2D eigenvalue weighted by molar-refractivity contribution is 0.00601. The van der Waals surface area contributed by atoms with E-state index < -0.39 is 23.4 Å². The highest BCUT2D eigenvalue weighted by Crippen LogP contribution is 2.38. The summed E-state index contributed by atoms with van der Waals surface area (Å²) in [5.41, 5.74) is -0.801. The van der Waals surface area contributed by atoms with Gasteiger partial charge >= 0.3 is 12.0 Å². The van der Waals surface area contributed by atoms with Crippen molar-refractivity contribution in [2.45, 2.75) is 5.92 Å². The van der Waals surface area contributed by atoms with Gasteiger partial charge in [0.2, 0.25) is 5.83 Å². The zero-order valence-electron chi connectivity index (χ0n) is 6.78. The Morgan fingerprint density at radius 2 is 1.43 bits per heavy atom. The first-order chi connectivity index (χ1) is 6.46. The first kappa shape index (κ1) is 10.7. The van der Waals surface area contributed by atoms with Gasteiger partial charge in [0.05, 0.1) is 0 Å². The minimum absolute atomic E-state index is 0.801. The van der Waals surface area contributed by atoms with Gasteiger partial charge in [-0.25, -0.2) is 0 Å². The van der Waals surface area contributed by atoms with Crippen molar-refractivity contribution in [3.8, 4) is 0 Å². The second-order valence-electron chi connectivity index (χ2n) is 2.51. The molecule has 0 saturated heterocycles. The molecular weight excluding hydrogens is 203 g/mol. The zero-order valence-corrected chi connectivity index (χ0v) is 6.78. The highest BCUT2D eigenvalue weighted by molar-refractivity contribution is 5.27. The molecule has 0 fully saturated rings. The van der Waals surface area contributed by atoms with Crippen LogP contribution in [0.2, 0.25) is 0 Å². The zero-order chi connectivity index (χ0) is 10.8. The quantitative estimate of drug-likeness (QED) is 0.647. The van der Waals surface area contributed by atoms with Gasteiger partial charge < -0.3 is 0 Å². The van der Waals surface area contributed by atoms with E-state index in [2.05, 4.69) is 0 Å².